The summed E-state index contributed by atoms with van der Waals surface area (Å²) in [6, 6.07) is 8.60. The molecule has 4 rings (SSSR count). The summed E-state index contributed by atoms with van der Waals surface area (Å²) in [4.78, 5) is 11.1. The minimum absolute atomic E-state index is 0.501. The topological polar surface area (TPSA) is 68.2 Å². The number of piperidine rings is 1. The normalized spacial score (nSPS) is 19.0. The second kappa shape index (κ2) is 5.44. The summed E-state index contributed by atoms with van der Waals surface area (Å²) >= 11 is 0. The maximum atomic E-state index is 5.88. The summed E-state index contributed by atoms with van der Waals surface area (Å²) in [5, 5.41) is 4.00. The Morgan fingerprint density at radius 1 is 1.27 bits per heavy atom. The van der Waals surface area contributed by atoms with Crippen molar-refractivity contribution in [1.29, 1.82) is 0 Å². The van der Waals surface area contributed by atoms with E-state index in [4.69, 9.17) is 8.94 Å². The first-order valence-corrected chi connectivity index (χ1v) is 7.67. The summed E-state index contributed by atoms with van der Waals surface area (Å²) in [6.07, 6.45) is 3.14. The molecule has 0 amide bonds. The van der Waals surface area contributed by atoms with Gasteiger partial charge in [-0.05, 0) is 30.9 Å². The van der Waals surface area contributed by atoms with E-state index in [-0.39, 0.29) is 0 Å². The number of aromatic nitrogens is 3. The smallest absolute Gasteiger partial charge is 0.298 e. The molecule has 3 aromatic rings. The van der Waals surface area contributed by atoms with Crippen LogP contribution in [0.1, 0.15) is 24.6 Å². The van der Waals surface area contributed by atoms with Gasteiger partial charge in [0.15, 0.2) is 11.4 Å². The Morgan fingerprint density at radius 3 is 3.00 bits per heavy atom. The van der Waals surface area contributed by atoms with E-state index in [0.717, 1.165) is 48.9 Å². The molecule has 114 valence electrons. The molecule has 1 aliphatic heterocycles. The van der Waals surface area contributed by atoms with Crippen molar-refractivity contribution < 1.29 is 8.94 Å². The summed E-state index contributed by atoms with van der Waals surface area (Å²) in [5.74, 6) is 1.92. The summed E-state index contributed by atoms with van der Waals surface area (Å²) in [7, 11) is 0. The second-order valence-corrected chi connectivity index (χ2v) is 5.85. The molecule has 22 heavy (non-hydrogen) atoms. The number of para-hydroxylation sites is 2. The summed E-state index contributed by atoms with van der Waals surface area (Å²) < 4.78 is 10.9. The van der Waals surface area contributed by atoms with Gasteiger partial charge in [0.1, 0.15) is 5.52 Å². The lowest BCUT2D eigenvalue weighted by Crippen LogP contribution is -2.36. The maximum Gasteiger partial charge on any atom is 0.298 e. The van der Waals surface area contributed by atoms with Crippen molar-refractivity contribution in [2.45, 2.75) is 26.2 Å². The van der Waals surface area contributed by atoms with Gasteiger partial charge in [0.25, 0.3) is 6.01 Å². The van der Waals surface area contributed by atoms with Crippen molar-refractivity contribution in [3.8, 4) is 0 Å². The Bertz CT molecular complexity index is 746. The average Bonchev–Trinajstić information content (AvgIpc) is 3.13. The Labute approximate surface area is 128 Å². The number of nitrogens with zero attached hydrogens (tertiary/aromatic N) is 4. The van der Waals surface area contributed by atoms with Crippen LogP contribution < -0.4 is 4.90 Å². The van der Waals surface area contributed by atoms with Crippen LogP contribution in [0.4, 0.5) is 6.01 Å². The van der Waals surface area contributed by atoms with Gasteiger partial charge in [0, 0.05) is 26.4 Å². The van der Waals surface area contributed by atoms with Gasteiger partial charge >= 0.3 is 0 Å². The molecule has 1 aliphatic rings. The van der Waals surface area contributed by atoms with Crippen molar-refractivity contribution >= 4 is 17.1 Å². The highest BCUT2D eigenvalue weighted by atomic mass is 16.5. The van der Waals surface area contributed by atoms with E-state index in [1.165, 1.54) is 6.42 Å². The Kier molecular flexibility index (Phi) is 3.29. The molecule has 0 spiro atoms. The van der Waals surface area contributed by atoms with Gasteiger partial charge in [-0.15, -0.1) is 0 Å². The fourth-order valence-corrected chi connectivity index (χ4v) is 3.08. The van der Waals surface area contributed by atoms with Gasteiger partial charge in [-0.3, -0.25) is 0 Å². The van der Waals surface area contributed by atoms with E-state index in [1.807, 2.05) is 31.2 Å². The van der Waals surface area contributed by atoms with Gasteiger partial charge in [-0.1, -0.05) is 17.3 Å². The molecule has 0 aliphatic carbocycles. The largest absolute Gasteiger partial charge is 0.423 e. The van der Waals surface area contributed by atoms with Crippen molar-refractivity contribution in [3.05, 3.63) is 36.0 Å². The van der Waals surface area contributed by atoms with Crippen molar-refractivity contribution in [2.24, 2.45) is 5.92 Å². The van der Waals surface area contributed by atoms with Crippen LogP contribution in [-0.4, -0.2) is 28.2 Å². The third-order valence-corrected chi connectivity index (χ3v) is 4.11. The minimum atomic E-state index is 0.501. The first-order valence-electron chi connectivity index (χ1n) is 7.67. The Hall–Kier alpha value is -2.37. The predicted octanol–water partition coefficient (Wildman–Crippen LogP) is 2.98. The number of hydrogen-bond donors (Lipinski definition) is 0. The zero-order valence-corrected chi connectivity index (χ0v) is 12.5. The van der Waals surface area contributed by atoms with Crippen molar-refractivity contribution in [2.75, 3.05) is 18.0 Å². The van der Waals surface area contributed by atoms with Gasteiger partial charge in [0.05, 0.1) is 0 Å². The zero-order valence-electron chi connectivity index (χ0n) is 12.5. The number of oxazole rings is 1. The van der Waals surface area contributed by atoms with Crippen molar-refractivity contribution in [1.82, 2.24) is 15.1 Å². The molecule has 1 unspecified atom stereocenters. The molecule has 0 N–H and O–H groups in total. The molecule has 1 atom stereocenters. The quantitative estimate of drug-likeness (QED) is 0.740. The fraction of sp³-hybridized carbons (Fsp3) is 0.438. The van der Waals surface area contributed by atoms with Crippen LogP contribution in [0.5, 0.6) is 0 Å². The molecule has 1 fully saturated rings. The van der Waals surface area contributed by atoms with Gasteiger partial charge in [-0.2, -0.15) is 9.97 Å². The molecular formula is C16H18N4O2. The highest BCUT2D eigenvalue weighted by molar-refractivity contribution is 5.74. The summed E-state index contributed by atoms with van der Waals surface area (Å²) in [6.45, 7) is 3.72. The fourth-order valence-electron chi connectivity index (χ4n) is 3.08. The molecule has 0 radical (unpaired) electrons. The molecular weight excluding hydrogens is 280 g/mol. The Morgan fingerprint density at radius 2 is 2.18 bits per heavy atom. The van der Waals surface area contributed by atoms with E-state index in [9.17, 15) is 0 Å². The predicted molar refractivity (Wildman–Crippen MR) is 81.7 cm³/mol. The second-order valence-electron chi connectivity index (χ2n) is 5.85. The maximum absolute atomic E-state index is 5.88. The third-order valence-electron chi connectivity index (χ3n) is 4.11. The molecule has 6 heteroatoms. The van der Waals surface area contributed by atoms with Crippen LogP contribution >= 0.6 is 0 Å². The molecule has 3 heterocycles. The molecule has 0 bridgehead atoms. The monoisotopic (exact) mass is 298 g/mol. The third kappa shape index (κ3) is 2.56. The zero-order chi connectivity index (χ0) is 14.9. The number of hydrogen-bond acceptors (Lipinski definition) is 6. The molecule has 1 aromatic carbocycles. The molecule has 6 nitrogen and oxygen atoms in total. The first kappa shape index (κ1) is 13.3. The number of benzene rings is 1. The number of aryl methyl sites for hydroxylation is 1. The van der Waals surface area contributed by atoms with Crippen LogP contribution in [-0.2, 0) is 6.42 Å². The highest BCUT2D eigenvalue weighted by Crippen LogP contribution is 2.27. The van der Waals surface area contributed by atoms with Crippen LogP contribution in [0.25, 0.3) is 11.1 Å². The standard InChI is InChI=1S/C16H18N4O2/c1-11-17-15(19-22-11)9-12-5-4-8-20(10-12)16-18-13-6-2-3-7-14(13)21-16/h2-3,6-7,12H,4-5,8-10H2,1H3. The minimum Gasteiger partial charge on any atom is -0.423 e. The van der Waals surface area contributed by atoms with Crippen LogP contribution in [0, 0.1) is 12.8 Å². The van der Waals surface area contributed by atoms with Crippen LogP contribution in [0.2, 0.25) is 0 Å². The number of rotatable bonds is 3. The lowest BCUT2D eigenvalue weighted by atomic mass is 9.95. The SMILES string of the molecule is Cc1nc(CC2CCCN(c3nc4ccccc4o3)C2)no1. The van der Waals surface area contributed by atoms with Gasteiger partial charge in [-0.25, -0.2) is 0 Å². The van der Waals surface area contributed by atoms with Crippen LogP contribution in [0.15, 0.2) is 33.2 Å². The van der Waals surface area contributed by atoms with E-state index in [1.54, 1.807) is 0 Å². The molecule has 2 aromatic heterocycles. The number of anilines is 1. The van der Waals surface area contributed by atoms with E-state index >= 15 is 0 Å². The van der Waals surface area contributed by atoms with Crippen LogP contribution in [0.3, 0.4) is 0 Å². The Balaban J connectivity index is 1.50. The molecule has 1 saturated heterocycles. The first-order chi connectivity index (χ1) is 10.8. The van der Waals surface area contributed by atoms with Crippen molar-refractivity contribution in [3.63, 3.8) is 0 Å². The summed E-state index contributed by atoms with van der Waals surface area (Å²) in [5.41, 5.74) is 1.75. The lowest BCUT2D eigenvalue weighted by molar-refractivity contribution is 0.364. The van der Waals surface area contributed by atoms with E-state index < -0.39 is 0 Å². The number of fused-ring (bicyclic) bond motifs is 1. The molecule has 0 saturated carbocycles. The van der Waals surface area contributed by atoms with Gasteiger partial charge < -0.3 is 13.8 Å². The van der Waals surface area contributed by atoms with E-state index in [2.05, 4.69) is 20.0 Å². The van der Waals surface area contributed by atoms with Gasteiger partial charge in [0.2, 0.25) is 5.89 Å². The highest BCUT2D eigenvalue weighted by Gasteiger charge is 2.24. The lowest BCUT2D eigenvalue weighted by Gasteiger charge is -2.30. The van der Waals surface area contributed by atoms with E-state index in [0.29, 0.717) is 11.8 Å². The average molecular weight is 298 g/mol.